The molecule has 1 atom stereocenters. The number of aromatic carboxylic acids is 1. The average molecular weight is 334 g/mol. The van der Waals surface area contributed by atoms with Crippen LogP contribution in [0.4, 0.5) is 0 Å². The van der Waals surface area contributed by atoms with Gasteiger partial charge in [0.1, 0.15) is 6.10 Å². The second kappa shape index (κ2) is 8.32. The lowest BCUT2D eigenvalue weighted by molar-refractivity contribution is -0.00697. The molecular formula is C20H30O4. The topological polar surface area (TPSA) is 63.6 Å². The number of carboxylic acid groups (broad SMARTS) is 1. The Morgan fingerprint density at radius 2 is 1.79 bits per heavy atom. The number of hydrogen-bond donors (Lipinski definition) is 1. The summed E-state index contributed by atoms with van der Waals surface area (Å²) in [5, 5.41) is 9.43. The number of carbonyl (C=O) groups is 2. The number of carbonyl (C=O) groups excluding carboxylic acids is 1. The Bertz CT molecular complexity index is 596. The molecule has 0 spiro atoms. The summed E-state index contributed by atoms with van der Waals surface area (Å²) in [5.41, 5.74) is 1.82. The highest BCUT2D eigenvalue weighted by Gasteiger charge is 2.30. The number of benzene rings is 1. The predicted octanol–water partition coefficient (Wildman–Crippen LogP) is 5.02. The molecule has 0 aliphatic heterocycles. The van der Waals surface area contributed by atoms with Crippen molar-refractivity contribution < 1.29 is 19.4 Å². The van der Waals surface area contributed by atoms with Gasteiger partial charge >= 0.3 is 11.9 Å². The fourth-order valence-electron chi connectivity index (χ4n) is 2.73. The fraction of sp³-hybridized carbons (Fsp3) is 0.600. The quantitative estimate of drug-likeness (QED) is 0.711. The van der Waals surface area contributed by atoms with Crippen molar-refractivity contribution in [2.45, 2.75) is 73.3 Å². The normalized spacial score (nSPS) is 12.8. The van der Waals surface area contributed by atoms with Crippen LogP contribution in [0, 0.1) is 12.3 Å². The average Bonchev–Trinajstić information content (AvgIpc) is 2.49. The van der Waals surface area contributed by atoms with Gasteiger partial charge in [-0.05, 0) is 48.4 Å². The highest BCUT2D eigenvalue weighted by atomic mass is 16.5. The van der Waals surface area contributed by atoms with Gasteiger partial charge in [-0.2, -0.15) is 0 Å². The summed E-state index contributed by atoms with van der Waals surface area (Å²) in [6, 6.07) is 3.23. The van der Waals surface area contributed by atoms with E-state index in [1.54, 1.807) is 12.1 Å². The van der Waals surface area contributed by atoms with Crippen molar-refractivity contribution >= 4 is 11.9 Å². The monoisotopic (exact) mass is 334 g/mol. The van der Waals surface area contributed by atoms with Gasteiger partial charge in [0.05, 0.1) is 11.1 Å². The summed E-state index contributed by atoms with van der Waals surface area (Å²) >= 11 is 0. The molecule has 4 heteroatoms. The molecule has 0 saturated heterocycles. The highest BCUT2D eigenvalue weighted by Crippen LogP contribution is 2.28. The molecule has 1 aromatic carbocycles. The van der Waals surface area contributed by atoms with Gasteiger partial charge in [-0.1, -0.05) is 47.5 Å². The van der Waals surface area contributed by atoms with E-state index in [2.05, 4.69) is 6.92 Å². The van der Waals surface area contributed by atoms with Crippen molar-refractivity contribution in [1.29, 1.82) is 0 Å². The van der Waals surface area contributed by atoms with E-state index in [-0.39, 0.29) is 22.6 Å². The molecule has 0 aliphatic rings. The molecule has 24 heavy (non-hydrogen) atoms. The maximum atomic E-state index is 12.7. The van der Waals surface area contributed by atoms with Gasteiger partial charge in [-0.3, -0.25) is 0 Å². The number of ether oxygens (including phenoxy) is 1. The Balaban J connectivity index is 3.18. The van der Waals surface area contributed by atoms with Crippen molar-refractivity contribution in [3.8, 4) is 0 Å². The number of rotatable bonds is 7. The summed E-state index contributed by atoms with van der Waals surface area (Å²) in [5.74, 6) is -1.65. The van der Waals surface area contributed by atoms with Gasteiger partial charge in [-0.15, -0.1) is 0 Å². The van der Waals surface area contributed by atoms with Crippen LogP contribution in [0.15, 0.2) is 12.1 Å². The van der Waals surface area contributed by atoms with Gasteiger partial charge in [0.25, 0.3) is 0 Å². The third kappa shape index (κ3) is 5.08. The van der Waals surface area contributed by atoms with Crippen molar-refractivity contribution in [2.75, 3.05) is 0 Å². The van der Waals surface area contributed by atoms with Crippen molar-refractivity contribution in [3.63, 3.8) is 0 Å². The van der Waals surface area contributed by atoms with Crippen molar-refractivity contribution in [3.05, 3.63) is 34.4 Å². The second-order valence-electron chi connectivity index (χ2n) is 7.39. The minimum absolute atomic E-state index is 0.0119. The fourth-order valence-corrected chi connectivity index (χ4v) is 2.73. The van der Waals surface area contributed by atoms with E-state index in [1.165, 1.54) is 0 Å². The first kappa shape index (κ1) is 20.2. The van der Waals surface area contributed by atoms with Crippen LogP contribution in [0.2, 0.25) is 0 Å². The molecule has 0 heterocycles. The first-order chi connectivity index (χ1) is 11.1. The van der Waals surface area contributed by atoms with Crippen LogP contribution in [0.1, 0.15) is 85.7 Å². The minimum atomic E-state index is -1.10. The SMILES string of the molecule is CCCCC(OC(=O)c1cc(CC)c(C)cc1C(=O)O)C(C)(C)C. The summed E-state index contributed by atoms with van der Waals surface area (Å²) < 4.78 is 5.73. The molecule has 0 aromatic heterocycles. The molecule has 1 aromatic rings. The second-order valence-corrected chi connectivity index (χ2v) is 7.39. The standard InChI is InChI=1S/C20H30O4/c1-7-9-10-17(20(4,5)6)24-19(23)16-12-14(8-2)13(3)11-15(16)18(21)22/h11-12,17H,7-10H2,1-6H3,(H,21,22). The highest BCUT2D eigenvalue weighted by molar-refractivity contribution is 6.02. The van der Waals surface area contributed by atoms with E-state index in [4.69, 9.17) is 4.74 Å². The number of carboxylic acids is 1. The molecule has 4 nitrogen and oxygen atoms in total. The molecular weight excluding hydrogens is 304 g/mol. The molecule has 1 rings (SSSR count). The van der Waals surface area contributed by atoms with E-state index in [0.29, 0.717) is 0 Å². The predicted molar refractivity (Wildman–Crippen MR) is 95.7 cm³/mol. The zero-order chi connectivity index (χ0) is 18.5. The number of esters is 1. The maximum absolute atomic E-state index is 12.7. The summed E-state index contributed by atoms with van der Waals surface area (Å²) in [6.45, 7) is 12.0. The molecule has 0 amide bonds. The van der Waals surface area contributed by atoms with Gasteiger partial charge in [-0.25, -0.2) is 9.59 Å². The minimum Gasteiger partial charge on any atom is -0.478 e. The molecule has 1 unspecified atom stereocenters. The van der Waals surface area contributed by atoms with Crippen molar-refractivity contribution in [1.82, 2.24) is 0 Å². The number of unbranched alkanes of at least 4 members (excludes halogenated alkanes) is 1. The van der Waals surface area contributed by atoms with E-state index < -0.39 is 11.9 Å². The Hall–Kier alpha value is -1.84. The molecule has 1 N–H and O–H groups in total. The van der Waals surface area contributed by atoms with E-state index in [9.17, 15) is 14.7 Å². The first-order valence-corrected chi connectivity index (χ1v) is 8.69. The molecule has 0 radical (unpaired) electrons. The summed E-state index contributed by atoms with van der Waals surface area (Å²) in [4.78, 5) is 24.2. The third-order valence-electron chi connectivity index (χ3n) is 4.34. The largest absolute Gasteiger partial charge is 0.478 e. The maximum Gasteiger partial charge on any atom is 0.339 e. The lowest BCUT2D eigenvalue weighted by Gasteiger charge is -2.30. The lowest BCUT2D eigenvalue weighted by atomic mass is 9.86. The van der Waals surface area contributed by atoms with Crippen molar-refractivity contribution in [2.24, 2.45) is 5.41 Å². The molecule has 134 valence electrons. The zero-order valence-corrected chi connectivity index (χ0v) is 15.7. The van der Waals surface area contributed by atoms with Crippen LogP contribution in [-0.4, -0.2) is 23.1 Å². The lowest BCUT2D eigenvalue weighted by Crippen LogP contribution is -2.32. The Kier molecular flexibility index (Phi) is 7.00. The van der Waals surface area contributed by atoms with Gasteiger partial charge in [0, 0.05) is 0 Å². The molecule has 0 fully saturated rings. The van der Waals surface area contributed by atoms with Crippen LogP contribution < -0.4 is 0 Å². The molecule has 0 saturated carbocycles. The van der Waals surface area contributed by atoms with Gasteiger partial charge < -0.3 is 9.84 Å². The van der Waals surface area contributed by atoms with Crippen LogP contribution in [-0.2, 0) is 11.2 Å². The third-order valence-corrected chi connectivity index (χ3v) is 4.34. The summed E-state index contributed by atoms with van der Waals surface area (Å²) in [7, 11) is 0. The van der Waals surface area contributed by atoms with E-state index >= 15 is 0 Å². The Labute approximate surface area is 145 Å². The first-order valence-electron chi connectivity index (χ1n) is 8.69. The number of hydrogen-bond acceptors (Lipinski definition) is 3. The Morgan fingerprint density at radius 1 is 1.17 bits per heavy atom. The molecule has 0 aliphatic carbocycles. The number of aryl methyl sites for hydroxylation is 2. The van der Waals surface area contributed by atoms with Crippen LogP contribution >= 0.6 is 0 Å². The van der Waals surface area contributed by atoms with Gasteiger partial charge in [0.2, 0.25) is 0 Å². The van der Waals surface area contributed by atoms with Crippen LogP contribution in [0.5, 0.6) is 0 Å². The van der Waals surface area contributed by atoms with Gasteiger partial charge in [0.15, 0.2) is 0 Å². The van der Waals surface area contributed by atoms with E-state index in [0.717, 1.165) is 36.8 Å². The Morgan fingerprint density at radius 3 is 2.25 bits per heavy atom. The summed E-state index contributed by atoms with van der Waals surface area (Å²) in [6.07, 6.45) is 3.27. The zero-order valence-electron chi connectivity index (χ0n) is 15.7. The van der Waals surface area contributed by atoms with E-state index in [1.807, 2.05) is 34.6 Å². The molecule has 0 bridgehead atoms. The van der Waals surface area contributed by atoms with Crippen LogP contribution in [0.25, 0.3) is 0 Å². The van der Waals surface area contributed by atoms with Crippen LogP contribution in [0.3, 0.4) is 0 Å². The smallest absolute Gasteiger partial charge is 0.339 e.